The summed E-state index contributed by atoms with van der Waals surface area (Å²) in [4.78, 5) is 40.9. The van der Waals surface area contributed by atoms with Gasteiger partial charge in [0.05, 0.1) is 29.3 Å². The fourth-order valence-corrected chi connectivity index (χ4v) is 4.96. The van der Waals surface area contributed by atoms with E-state index in [1.807, 2.05) is 0 Å². The fourth-order valence-electron chi connectivity index (χ4n) is 4.96. The first-order valence-corrected chi connectivity index (χ1v) is 11.9. The van der Waals surface area contributed by atoms with Crippen molar-refractivity contribution in [1.82, 2.24) is 10.3 Å². The van der Waals surface area contributed by atoms with Gasteiger partial charge in [0.15, 0.2) is 0 Å². The van der Waals surface area contributed by atoms with Gasteiger partial charge in [0.1, 0.15) is 12.2 Å². The number of nitrogens with one attached hydrogen (secondary N) is 1. The number of carbonyl (C=O) groups excluding carboxylic acids is 3. The number of ether oxygens (including phenoxy) is 2. The first kappa shape index (κ1) is 29.4. The second kappa shape index (κ2) is 13.0. The Bertz CT molecular complexity index is 905. The van der Waals surface area contributed by atoms with Crippen LogP contribution in [-0.4, -0.2) is 48.6 Å². The number of aromatic nitrogens is 1. The Morgan fingerprint density at radius 3 is 2.31 bits per heavy atom. The Labute approximate surface area is 231 Å². The van der Waals surface area contributed by atoms with Crippen LogP contribution in [0.1, 0.15) is 71.2 Å². The van der Waals surface area contributed by atoms with Gasteiger partial charge in [0, 0.05) is 38.4 Å². The predicted molar refractivity (Wildman–Crippen MR) is 128 cm³/mol. The molecule has 2 heterocycles. The normalized spacial score (nSPS) is 24.9. The van der Waals surface area contributed by atoms with Crippen LogP contribution in [0.4, 0.5) is 11.4 Å². The topological polar surface area (TPSA) is 124 Å². The van der Waals surface area contributed by atoms with E-state index in [-0.39, 0.29) is 61.1 Å². The van der Waals surface area contributed by atoms with Gasteiger partial charge in [-0.3, -0.25) is 14.6 Å². The molecule has 2 aliphatic carbocycles. The van der Waals surface area contributed by atoms with Gasteiger partial charge in [0.25, 0.3) is 0 Å². The summed E-state index contributed by atoms with van der Waals surface area (Å²) >= 11 is 0. The van der Waals surface area contributed by atoms with E-state index in [9.17, 15) is 14.4 Å². The zero-order valence-electron chi connectivity index (χ0n) is 21.2. The molecular formula is C25H36N4O5U. The number of esters is 2. The Kier molecular flexibility index (Phi) is 10.9. The van der Waals surface area contributed by atoms with Crippen molar-refractivity contribution < 1.29 is 55.0 Å². The summed E-state index contributed by atoms with van der Waals surface area (Å²) in [5.74, 6) is 1.25. The number of nitrogens with zero attached hydrogens (tertiary/aromatic N) is 2. The Hall–Kier alpha value is -1.79. The molecule has 3 N–H and O–H groups in total. The number of pyridine rings is 1. The van der Waals surface area contributed by atoms with Crippen molar-refractivity contribution in [3.63, 3.8) is 0 Å². The molecule has 0 spiro atoms. The van der Waals surface area contributed by atoms with E-state index in [0.29, 0.717) is 37.5 Å². The van der Waals surface area contributed by atoms with Crippen molar-refractivity contribution in [3.05, 3.63) is 23.4 Å². The van der Waals surface area contributed by atoms with Crippen molar-refractivity contribution in [2.75, 3.05) is 23.7 Å². The van der Waals surface area contributed by atoms with Crippen LogP contribution >= 0.6 is 0 Å². The molecule has 0 aromatic carbocycles. The standard InChI is InChI=1S/C21H27N4O5.C4H9.U/c1-11(27)29-18-6-5-14-19(18)23-7-16(22)20(14)25-8-15(13-3-4-13)21(30-12(2)28)17(9-25)24-10-26;1-4(2)3;/h7,13,15,17-18,21H,3-6,8-9,22H2,1-2H3,(H,24,26);1-3H3;/q2*-1;+2/t15-,17-,18?,21-;;/m1../s1. The summed E-state index contributed by atoms with van der Waals surface area (Å²) in [6.07, 6.45) is 6.14. The van der Waals surface area contributed by atoms with Gasteiger partial charge in [-0.25, -0.2) is 0 Å². The van der Waals surface area contributed by atoms with Crippen molar-refractivity contribution in [2.45, 2.75) is 78.6 Å². The zero-order valence-corrected chi connectivity index (χ0v) is 25.4. The van der Waals surface area contributed by atoms with E-state index < -0.39 is 6.10 Å². The molecule has 190 valence electrons. The largest absolute Gasteiger partial charge is 2.00 e. The predicted octanol–water partition coefficient (Wildman–Crippen LogP) is 2.64. The van der Waals surface area contributed by atoms with Gasteiger partial charge in [-0.15, -0.1) is 0 Å². The molecule has 0 bridgehead atoms. The molecule has 10 heteroatoms. The second-order valence-electron chi connectivity index (χ2n) is 9.90. The van der Waals surface area contributed by atoms with Gasteiger partial charge in [-0.1, -0.05) is 0 Å². The summed E-state index contributed by atoms with van der Waals surface area (Å²) in [6, 6.07) is -0.389. The minimum Gasteiger partial charge on any atom is -0.523 e. The first-order chi connectivity index (χ1) is 16.1. The van der Waals surface area contributed by atoms with E-state index >= 15 is 0 Å². The molecular weight excluding hydrogens is 674 g/mol. The molecule has 1 aromatic heterocycles. The molecule has 4 atom stereocenters. The summed E-state index contributed by atoms with van der Waals surface area (Å²) in [7, 11) is 0. The van der Waals surface area contributed by atoms with Crippen LogP contribution in [0.5, 0.6) is 0 Å². The molecule has 0 radical (unpaired) electrons. The van der Waals surface area contributed by atoms with Crippen molar-refractivity contribution in [3.8, 4) is 0 Å². The molecule has 1 aliphatic heterocycles. The molecule has 35 heavy (non-hydrogen) atoms. The van der Waals surface area contributed by atoms with Crippen molar-refractivity contribution >= 4 is 29.7 Å². The average molecular weight is 711 g/mol. The summed E-state index contributed by atoms with van der Waals surface area (Å²) in [6.45, 7) is 10.1. The van der Waals surface area contributed by atoms with E-state index in [1.165, 1.54) is 19.8 Å². The third-order valence-electron chi connectivity index (χ3n) is 6.24. The number of nitrogen functional groups attached to an aromatic ring is 1. The molecule has 2 fully saturated rings. The molecule has 1 unspecified atom stereocenters. The van der Waals surface area contributed by atoms with Crippen molar-refractivity contribution in [2.24, 2.45) is 11.8 Å². The molecule has 3 aliphatic rings. The monoisotopic (exact) mass is 710 g/mol. The Balaban J connectivity index is 0.000000804. The maximum absolute atomic E-state index is 11.7. The third kappa shape index (κ3) is 7.60. The number of anilines is 2. The number of carbonyl (C=O) groups is 2. The minimum atomic E-state index is -0.391. The van der Waals surface area contributed by atoms with Crippen LogP contribution in [0.2, 0.25) is 0 Å². The van der Waals surface area contributed by atoms with E-state index in [2.05, 4.69) is 36.0 Å². The molecule has 9 nitrogen and oxygen atoms in total. The van der Waals surface area contributed by atoms with Gasteiger partial charge >= 0.3 is 43.1 Å². The van der Waals surface area contributed by atoms with Gasteiger partial charge < -0.3 is 36.1 Å². The number of hydrogen-bond donors (Lipinski definition) is 2. The maximum atomic E-state index is 11.7. The van der Waals surface area contributed by atoms with Crippen molar-refractivity contribution in [1.29, 1.82) is 0 Å². The van der Waals surface area contributed by atoms with E-state index in [4.69, 9.17) is 15.2 Å². The number of piperidine rings is 1. The summed E-state index contributed by atoms with van der Waals surface area (Å²) in [5, 5.41) is 2.72. The Morgan fingerprint density at radius 2 is 1.77 bits per heavy atom. The zero-order chi connectivity index (χ0) is 25.0. The van der Waals surface area contributed by atoms with Gasteiger partial charge in [0.2, 0.25) is 0 Å². The average Bonchev–Trinajstić information content (AvgIpc) is 3.50. The van der Waals surface area contributed by atoms with Crippen LogP contribution in [0.15, 0.2) is 6.20 Å². The summed E-state index contributed by atoms with van der Waals surface area (Å²) < 4.78 is 11.1. The molecule has 1 saturated carbocycles. The van der Waals surface area contributed by atoms with Crippen LogP contribution in [0, 0.1) is 48.9 Å². The maximum Gasteiger partial charge on any atom is 2.00 e. The molecule has 1 amide bonds. The van der Waals surface area contributed by atoms with Crippen LogP contribution in [0.25, 0.3) is 0 Å². The van der Waals surface area contributed by atoms with E-state index in [0.717, 1.165) is 29.8 Å². The van der Waals surface area contributed by atoms with E-state index in [1.54, 1.807) is 12.6 Å². The van der Waals surface area contributed by atoms with Crippen LogP contribution < -0.4 is 16.0 Å². The van der Waals surface area contributed by atoms with Crippen LogP contribution in [0.3, 0.4) is 0 Å². The SMILES string of the molecule is CC(=O)OC1CCc2c1ncc(N)c2N1C[C@H](C2CC2)[C@@H](OC(C)=O)[C@H](N[C-]=O)C1.C[C-](C)C.[U+2]. The number of nitrogens with two attached hydrogens (primary N) is 1. The fraction of sp³-hybridized carbons (Fsp3) is 0.640. The Morgan fingerprint density at radius 1 is 1.14 bits per heavy atom. The number of hydrogen-bond acceptors (Lipinski definition) is 8. The number of fused-ring (bicyclic) bond motifs is 1. The second-order valence-corrected chi connectivity index (χ2v) is 9.90. The quantitative estimate of drug-likeness (QED) is 0.263. The summed E-state index contributed by atoms with van der Waals surface area (Å²) in [5.41, 5.74) is 9.49. The molecule has 1 aromatic rings. The minimum absolute atomic E-state index is 0. The molecule has 4 rings (SSSR count). The molecule has 1 saturated heterocycles. The van der Waals surface area contributed by atoms with Crippen LogP contribution in [-0.2, 0) is 30.3 Å². The number of amides is 1. The number of rotatable bonds is 6. The van der Waals surface area contributed by atoms with Gasteiger partial charge in [-0.05, 0) is 31.6 Å². The third-order valence-corrected chi connectivity index (χ3v) is 6.24. The first-order valence-electron chi connectivity index (χ1n) is 11.9. The smallest absolute Gasteiger partial charge is 0.523 e. The van der Waals surface area contributed by atoms with Gasteiger partial charge in [-0.2, -0.15) is 27.2 Å².